The molecule has 1 unspecified atom stereocenters. The van der Waals surface area contributed by atoms with Gasteiger partial charge in [0.1, 0.15) is 0 Å². The van der Waals surface area contributed by atoms with Crippen molar-refractivity contribution in [1.29, 1.82) is 0 Å². The van der Waals surface area contributed by atoms with Crippen molar-refractivity contribution in [3.05, 3.63) is 35.9 Å². The molecule has 138 valence electrons. The third kappa shape index (κ3) is 7.69. The standard InChI is InChI=1S/C20H30N2O3/c1-16(23)22-19(17-9-4-2-5-10-17)15-20(24)21-13-8-14-25-18-11-6-3-7-12-18/h2,4-5,9-10,18-19H,3,6-8,11-15H2,1H3,(H,21,24)(H,22,23). The van der Waals surface area contributed by atoms with Gasteiger partial charge in [-0.1, -0.05) is 49.6 Å². The van der Waals surface area contributed by atoms with Gasteiger partial charge in [-0.25, -0.2) is 0 Å². The molecule has 1 saturated carbocycles. The van der Waals surface area contributed by atoms with Crippen LogP contribution in [0.2, 0.25) is 0 Å². The zero-order valence-electron chi connectivity index (χ0n) is 15.1. The summed E-state index contributed by atoms with van der Waals surface area (Å²) in [5.41, 5.74) is 0.938. The molecule has 0 saturated heterocycles. The largest absolute Gasteiger partial charge is 0.378 e. The second kappa shape index (κ2) is 10.9. The van der Waals surface area contributed by atoms with Gasteiger partial charge >= 0.3 is 0 Å². The summed E-state index contributed by atoms with van der Waals surface area (Å²) in [6.07, 6.45) is 7.67. The minimum Gasteiger partial charge on any atom is -0.378 e. The van der Waals surface area contributed by atoms with E-state index in [2.05, 4.69) is 10.6 Å². The number of hydrogen-bond donors (Lipinski definition) is 2. The van der Waals surface area contributed by atoms with Gasteiger partial charge in [-0.2, -0.15) is 0 Å². The second-order valence-electron chi connectivity index (χ2n) is 6.70. The van der Waals surface area contributed by atoms with E-state index in [9.17, 15) is 9.59 Å². The Morgan fingerprint density at radius 3 is 2.56 bits per heavy atom. The summed E-state index contributed by atoms with van der Waals surface area (Å²) in [6, 6.07) is 9.28. The Bertz CT molecular complexity index is 527. The molecular formula is C20H30N2O3. The van der Waals surface area contributed by atoms with Crippen molar-refractivity contribution in [3.63, 3.8) is 0 Å². The maximum atomic E-state index is 12.2. The lowest BCUT2D eigenvalue weighted by Gasteiger charge is -2.22. The van der Waals surface area contributed by atoms with Gasteiger partial charge in [-0.3, -0.25) is 9.59 Å². The Hall–Kier alpha value is -1.88. The molecular weight excluding hydrogens is 316 g/mol. The molecule has 5 heteroatoms. The summed E-state index contributed by atoms with van der Waals surface area (Å²) in [7, 11) is 0. The summed E-state index contributed by atoms with van der Waals surface area (Å²) < 4.78 is 5.86. The van der Waals surface area contributed by atoms with Gasteiger partial charge < -0.3 is 15.4 Å². The zero-order chi connectivity index (χ0) is 17.9. The summed E-state index contributed by atoms with van der Waals surface area (Å²) >= 11 is 0. The topological polar surface area (TPSA) is 67.4 Å². The van der Waals surface area contributed by atoms with E-state index in [1.807, 2.05) is 30.3 Å². The van der Waals surface area contributed by atoms with Crippen LogP contribution in [0.1, 0.15) is 63.5 Å². The van der Waals surface area contributed by atoms with Crippen molar-refractivity contribution in [2.45, 2.75) is 64.0 Å². The van der Waals surface area contributed by atoms with Crippen LogP contribution in [-0.2, 0) is 14.3 Å². The average molecular weight is 346 g/mol. The van der Waals surface area contributed by atoms with Gasteiger partial charge in [-0.05, 0) is 24.8 Å². The fraction of sp³-hybridized carbons (Fsp3) is 0.600. The molecule has 1 atom stereocenters. The lowest BCUT2D eigenvalue weighted by molar-refractivity contribution is -0.122. The number of carbonyl (C=O) groups is 2. The van der Waals surface area contributed by atoms with Crippen LogP contribution in [0.15, 0.2) is 30.3 Å². The van der Waals surface area contributed by atoms with Crippen molar-refractivity contribution >= 4 is 11.8 Å². The number of benzene rings is 1. The van der Waals surface area contributed by atoms with Gasteiger partial charge in [0, 0.05) is 20.1 Å². The number of rotatable bonds is 9. The van der Waals surface area contributed by atoms with Crippen LogP contribution in [0.4, 0.5) is 0 Å². The van der Waals surface area contributed by atoms with E-state index in [1.165, 1.54) is 39.0 Å². The van der Waals surface area contributed by atoms with Crippen molar-refractivity contribution in [1.82, 2.24) is 10.6 Å². The molecule has 0 spiro atoms. The minimum absolute atomic E-state index is 0.0553. The summed E-state index contributed by atoms with van der Waals surface area (Å²) in [5.74, 6) is -0.192. The lowest BCUT2D eigenvalue weighted by atomic mass is 9.98. The van der Waals surface area contributed by atoms with Crippen LogP contribution >= 0.6 is 0 Å². The molecule has 2 amide bonds. The van der Waals surface area contributed by atoms with Crippen LogP contribution in [0.5, 0.6) is 0 Å². The van der Waals surface area contributed by atoms with Gasteiger partial charge in [0.05, 0.1) is 18.6 Å². The zero-order valence-corrected chi connectivity index (χ0v) is 15.1. The normalized spacial score (nSPS) is 16.2. The molecule has 2 N–H and O–H groups in total. The molecule has 1 aliphatic carbocycles. The molecule has 2 rings (SSSR count). The fourth-order valence-corrected chi connectivity index (χ4v) is 3.22. The monoisotopic (exact) mass is 346 g/mol. The first kappa shape index (κ1) is 19.4. The first-order chi connectivity index (χ1) is 12.1. The first-order valence-electron chi connectivity index (χ1n) is 9.35. The Labute approximate surface area is 150 Å². The predicted molar refractivity (Wildman–Crippen MR) is 98.1 cm³/mol. The lowest BCUT2D eigenvalue weighted by Crippen LogP contribution is -2.33. The van der Waals surface area contributed by atoms with E-state index in [-0.39, 0.29) is 24.3 Å². The van der Waals surface area contributed by atoms with Crippen LogP contribution < -0.4 is 10.6 Å². The third-order valence-corrected chi connectivity index (χ3v) is 4.52. The fourth-order valence-electron chi connectivity index (χ4n) is 3.22. The highest BCUT2D eigenvalue weighted by molar-refractivity contribution is 5.79. The van der Waals surface area contributed by atoms with E-state index in [0.29, 0.717) is 19.3 Å². The van der Waals surface area contributed by atoms with Crippen molar-refractivity contribution < 1.29 is 14.3 Å². The number of nitrogens with one attached hydrogen (secondary N) is 2. The van der Waals surface area contributed by atoms with Gasteiger partial charge in [-0.15, -0.1) is 0 Å². The highest BCUT2D eigenvalue weighted by Gasteiger charge is 2.17. The number of hydrogen-bond acceptors (Lipinski definition) is 3. The van der Waals surface area contributed by atoms with Crippen molar-refractivity contribution in [2.24, 2.45) is 0 Å². The number of amides is 2. The molecule has 1 aliphatic rings. The molecule has 1 aromatic carbocycles. The summed E-state index contributed by atoms with van der Waals surface area (Å²) in [4.78, 5) is 23.6. The Morgan fingerprint density at radius 2 is 1.88 bits per heavy atom. The van der Waals surface area contributed by atoms with Gasteiger partial charge in [0.25, 0.3) is 0 Å². The first-order valence-corrected chi connectivity index (χ1v) is 9.35. The maximum absolute atomic E-state index is 12.2. The summed E-state index contributed by atoms with van der Waals surface area (Å²) in [5, 5.41) is 5.77. The quantitative estimate of drug-likeness (QED) is 0.675. The molecule has 1 fully saturated rings. The van der Waals surface area contributed by atoms with E-state index in [1.54, 1.807) is 0 Å². The molecule has 0 aromatic heterocycles. The summed E-state index contributed by atoms with van der Waals surface area (Å²) in [6.45, 7) is 2.77. The molecule has 1 aromatic rings. The van der Waals surface area contributed by atoms with Crippen molar-refractivity contribution in [3.8, 4) is 0 Å². The molecule has 25 heavy (non-hydrogen) atoms. The molecule has 0 aliphatic heterocycles. The molecule has 0 radical (unpaired) electrons. The highest BCUT2D eigenvalue weighted by atomic mass is 16.5. The Kier molecular flexibility index (Phi) is 8.46. The van der Waals surface area contributed by atoms with Crippen molar-refractivity contribution in [2.75, 3.05) is 13.2 Å². The Balaban J connectivity index is 1.67. The Morgan fingerprint density at radius 1 is 1.16 bits per heavy atom. The van der Waals surface area contributed by atoms with E-state index >= 15 is 0 Å². The molecule has 0 heterocycles. The smallest absolute Gasteiger partial charge is 0.222 e. The second-order valence-corrected chi connectivity index (χ2v) is 6.70. The third-order valence-electron chi connectivity index (χ3n) is 4.52. The number of carbonyl (C=O) groups excluding carboxylic acids is 2. The van der Waals surface area contributed by atoms with E-state index in [4.69, 9.17) is 4.74 Å². The van der Waals surface area contributed by atoms with Crippen LogP contribution in [0.3, 0.4) is 0 Å². The maximum Gasteiger partial charge on any atom is 0.222 e. The SMILES string of the molecule is CC(=O)NC(CC(=O)NCCCOC1CCCCC1)c1ccccc1. The van der Waals surface area contributed by atoms with Gasteiger partial charge in [0.2, 0.25) is 11.8 Å². The van der Waals surface area contributed by atoms with Crippen LogP contribution in [0.25, 0.3) is 0 Å². The van der Waals surface area contributed by atoms with Gasteiger partial charge in [0.15, 0.2) is 0 Å². The average Bonchev–Trinajstić information content (AvgIpc) is 2.62. The molecule has 0 bridgehead atoms. The molecule has 5 nitrogen and oxygen atoms in total. The number of ether oxygens (including phenoxy) is 1. The minimum atomic E-state index is -0.294. The predicted octanol–water partition coefficient (Wildman–Crippen LogP) is 3.11. The highest BCUT2D eigenvalue weighted by Crippen LogP contribution is 2.20. The van der Waals surface area contributed by atoms with E-state index < -0.39 is 0 Å². The van der Waals surface area contributed by atoms with E-state index in [0.717, 1.165) is 12.0 Å². The van der Waals surface area contributed by atoms with Crippen LogP contribution in [-0.4, -0.2) is 31.1 Å². The van der Waals surface area contributed by atoms with Crippen LogP contribution in [0, 0.1) is 0 Å².